The van der Waals surface area contributed by atoms with Gasteiger partial charge in [-0.3, -0.25) is 4.79 Å². The molecule has 2 aromatic carbocycles. The summed E-state index contributed by atoms with van der Waals surface area (Å²) in [7, 11) is -2.78. The summed E-state index contributed by atoms with van der Waals surface area (Å²) in [4.78, 5) is 14.2. The second-order valence-corrected chi connectivity index (χ2v) is 8.55. The van der Waals surface area contributed by atoms with Crippen LogP contribution in [0.3, 0.4) is 0 Å². The fourth-order valence-electron chi connectivity index (χ4n) is 2.92. The first kappa shape index (κ1) is 23.7. The van der Waals surface area contributed by atoms with E-state index in [4.69, 9.17) is 8.92 Å². The summed E-state index contributed by atoms with van der Waals surface area (Å²) in [6.07, 6.45) is 2.00. The topological polar surface area (TPSA) is 72.9 Å². The van der Waals surface area contributed by atoms with Crippen molar-refractivity contribution in [3.05, 3.63) is 53.8 Å². The highest BCUT2D eigenvalue weighted by molar-refractivity contribution is 7.87. The quantitative estimate of drug-likeness (QED) is 0.511. The van der Waals surface area contributed by atoms with Crippen molar-refractivity contribution in [2.75, 3.05) is 7.11 Å². The number of carbonyl (C=O) groups is 1. The molecule has 8 heteroatoms. The molecule has 0 aliphatic rings. The summed E-state index contributed by atoms with van der Waals surface area (Å²) in [5.74, 6) is -0.259. The number of nitrogens with zero attached hydrogens (tertiary/aromatic N) is 1. The van der Waals surface area contributed by atoms with Gasteiger partial charge in [-0.15, -0.1) is 0 Å². The van der Waals surface area contributed by atoms with Crippen molar-refractivity contribution in [1.29, 1.82) is 0 Å². The Hall–Kier alpha value is -2.61. The van der Waals surface area contributed by atoms with E-state index >= 15 is 0 Å². The first-order valence-corrected chi connectivity index (χ1v) is 11.3. The monoisotopic (exact) mass is 437 g/mol. The molecule has 0 heterocycles. The highest BCUT2D eigenvalue weighted by Gasteiger charge is 2.22. The Bertz CT molecular complexity index is 960. The van der Waals surface area contributed by atoms with Crippen LogP contribution in [-0.4, -0.2) is 32.4 Å². The predicted octanol–water partition coefficient (Wildman–Crippen LogP) is 4.53. The predicted molar refractivity (Wildman–Crippen MR) is 112 cm³/mol. The summed E-state index contributed by atoms with van der Waals surface area (Å²) in [6.45, 7) is 6.26. The lowest BCUT2D eigenvalue weighted by atomic mass is 10.1. The smallest absolute Gasteiger partial charge is 0.339 e. The van der Waals surface area contributed by atoms with Crippen molar-refractivity contribution in [3.8, 4) is 11.5 Å². The summed E-state index contributed by atoms with van der Waals surface area (Å²) in [5, 5.41) is 0. The fourth-order valence-corrected chi connectivity index (χ4v) is 3.85. The highest BCUT2D eigenvalue weighted by atomic mass is 32.2. The molecule has 6 nitrogen and oxygen atoms in total. The fraction of sp³-hybridized carbons (Fsp3) is 0.409. The molecule has 0 N–H and O–H groups in total. The number of rotatable bonds is 10. The van der Waals surface area contributed by atoms with Gasteiger partial charge in [0.15, 0.2) is 11.5 Å². The number of halogens is 1. The number of hydrogen-bond donors (Lipinski definition) is 0. The van der Waals surface area contributed by atoms with E-state index in [1.807, 2.05) is 20.8 Å². The van der Waals surface area contributed by atoms with Gasteiger partial charge in [0.25, 0.3) is 0 Å². The Kier molecular flexibility index (Phi) is 8.23. The Labute approximate surface area is 177 Å². The van der Waals surface area contributed by atoms with Crippen LogP contribution in [0.25, 0.3) is 0 Å². The lowest BCUT2D eigenvalue weighted by Crippen LogP contribution is -2.37. The Balaban J connectivity index is 2.34. The third-order valence-electron chi connectivity index (χ3n) is 4.79. The van der Waals surface area contributed by atoms with Crippen molar-refractivity contribution in [2.24, 2.45) is 0 Å². The van der Waals surface area contributed by atoms with E-state index in [1.165, 1.54) is 7.11 Å². The normalized spacial score (nSPS) is 12.3. The molecule has 2 aromatic rings. The molecule has 0 spiro atoms. The molecular weight excluding hydrogens is 409 g/mol. The van der Waals surface area contributed by atoms with Crippen LogP contribution in [0.1, 0.15) is 45.6 Å². The number of ether oxygens (including phenoxy) is 1. The third kappa shape index (κ3) is 5.95. The average molecular weight is 438 g/mol. The molecule has 0 saturated carbocycles. The Morgan fingerprint density at radius 3 is 2.33 bits per heavy atom. The second kappa shape index (κ2) is 10.4. The van der Waals surface area contributed by atoms with E-state index < -0.39 is 15.9 Å². The van der Waals surface area contributed by atoms with E-state index in [2.05, 4.69) is 0 Å². The lowest BCUT2D eigenvalue weighted by molar-refractivity contribution is -0.134. The number of methoxy groups -OCH3 is 1. The summed E-state index contributed by atoms with van der Waals surface area (Å²) < 4.78 is 48.8. The average Bonchev–Trinajstić information content (AvgIpc) is 2.71. The maximum Gasteiger partial charge on any atom is 0.339 e. The van der Waals surface area contributed by atoms with Crippen LogP contribution in [0.4, 0.5) is 4.39 Å². The standard InChI is InChI=1S/C22H28FNO5S/c1-5-7-22(25)24(16(3)6-2)15-17-8-13-20(28-4)21(14-17)29-30(26,27)19-11-9-18(23)10-12-19/h8-14,16H,5-7,15H2,1-4H3. The van der Waals surface area contributed by atoms with Gasteiger partial charge in [-0.25, -0.2) is 4.39 Å². The molecule has 30 heavy (non-hydrogen) atoms. The molecule has 1 unspecified atom stereocenters. The van der Waals surface area contributed by atoms with E-state index in [9.17, 15) is 17.6 Å². The molecule has 0 aliphatic heterocycles. The number of benzene rings is 2. The van der Waals surface area contributed by atoms with Gasteiger partial charge >= 0.3 is 10.1 Å². The molecular formula is C22H28FNO5S. The maximum atomic E-state index is 13.1. The SMILES string of the molecule is CCCC(=O)N(Cc1ccc(OC)c(OS(=O)(=O)c2ccc(F)cc2)c1)C(C)CC. The molecule has 2 rings (SSSR count). The first-order chi connectivity index (χ1) is 14.2. The molecule has 0 fully saturated rings. The van der Waals surface area contributed by atoms with Crippen LogP contribution in [0, 0.1) is 5.82 Å². The van der Waals surface area contributed by atoms with E-state index in [0.717, 1.165) is 37.1 Å². The van der Waals surface area contributed by atoms with Gasteiger partial charge < -0.3 is 13.8 Å². The minimum absolute atomic E-state index is 0.00590. The van der Waals surface area contributed by atoms with Crippen molar-refractivity contribution in [1.82, 2.24) is 4.90 Å². The zero-order valence-corrected chi connectivity index (χ0v) is 18.5. The van der Waals surface area contributed by atoms with E-state index in [1.54, 1.807) is 23.1 Å². The van der Waals surface area contributed by atoms with Gasteiger partial charge in [-0.1, -0.05) is 19.9 Å². The van der Waals surface area contributed by atoms with E-state index in [0.29, 0.717) is 18.5 Å². The number of hydrogen-bond acceptors (Lipinski definition) is 5. The molecule has 0 saturated heterocycles. The van der Waals surface area contributed by atoms with Crippen molar-refractivity contribution in [2.45, 2.75) is 57.5 Å². The van der Waals surface area contributed by atoms with Gasteiger partial charge in [0.05, 0.1) is 7.11 Å². The number of carbonyl (C=O) groups excluding carboxylic acids is 1. The van der Waals surface area contributed by atoms with Crippen LogP contribution in [0.5, 0.6) is 11.5 Å². The lowest BCUT2D eigenvalue weighted by Gasteiger charge is -2.29. The molecule has 0 aliphatic carbocycles. The first-order valence-electron chi connectivity index (χ1n) is 9.88. The second-order valence-electron chi connectivity index (χ2n) is 7.01. The van der Waals surface area contributed by atoms with Gasteiger partial charge in [0, 0.05) is 19.0 Å². The van der Waals surface area contributed by atoms with Crippen molar-refractivity contribution in [3.63, 3.8) is 0 Å². The van der Waals surface area contributed by atoms with E-state index in [-0.39, 0.29) is 28.3 Å². The van der Waals surface area contributed by atoms with Crippen molar-refractivity contribution >= 4 is 16.0 Å². The van der Waals surface area contributed by atoms with Crippen LogP contribution in [-0.2, 0) is 21.5 Å². The summed E-state index contributed by atoms with van der Waals surface area (Å²) >= 11 is 0. The van der Waals surface area contributed by atoms with Gasteiger partial charge in [0.1, 0.15) is 10.7 Å². The summed E-state index contributed by atoms with van der Waals surface area (Å²) in [6, 6.07) is 9.33. The Morgan fingerprint density at radius 2 is 1.77 bits per heavy atom. The third-order valence-corrected chi connectivity index (χ3v) is 6.04. The molecule has 1 atom stereocenters. The Morgan fingerprint density at radius 1 is 1.10 bits per heavy atom. The van der Waals surface area contributed by atoms with Crippen LogP contribution in [0.2, 0.25) is 0 Å². The van der Waals surface area contributed by atoms with Crippen molar-refractivity contribution < 1.29 is 26.5 Å². The summed E-state index contributed by atoms with van der Waals surface area (Å²) in [5.41, 5.74) is 0.713. The van der Waals surface area contributed by atoms with Crippen LogP contribution < -0.4 is 8.92 Å². The zero-order valence-electron chi connectivity index (χ0n) is 17.7. The zero-order chi connectivity index (χ0) is 22.3. The van der Waals surface area contributed by atoms with Gasteiger partial charge in [0.2, 0.25) is 5.91 Å². The van der Waals surface area contributed by atoms with Gasteiger partial charge in [-0.2, -0.15) is 8.42 Å². The number of amides is 1. The van der Waals surface area contributed by atoms with Crippen LogP contribution >= 0.6 is 0 Å². The molecule has 0 aromatic heterocycles. The maximum absolute atomic E-state index is 13.1. The van der Waals surface area contributed by atoms with Crippen LogP contribution in [0.15, 0.2) is 47.4 Å². The largest absolute Gasteiger partial charge is 0.493 e. The molecule has 164 valence electrons. The molecule has 0 radical (unpaired) electrons. The molecule has 0 bridgehead atoms. The van der Waals surface area contributed by atoms with Gasteiger partial charge in [-0.05, 0) is 61.7 Å². The minimum atomic E-state index is -4.18. The highest BCUT2D eigenvalue weighted by Crippen LogP contribution is 2.31. The molecule has 1 amide bonds. The minimum Gasteiger partial charge on any atom is -0.493 e.